The number of carbonyl (C=O) groups excluding carboxylic acids is 2. The zero-order valence-corrected chi connectivity index (χ0v) is 16.5. The van der Waals surface area contributed by atoms with Crippen LogP contribution in [0.3, 0.4) is 0 Å². The first-order valence-electron chi connectivity index (χ1n) is 9.88. The number of aromatic nitrogens is 4. The monoisotopic (exact) mass is 401 g/mol. The van der Waals surface area contributed by atoms with E-state index in [0.29, 0.717) is 54.1 Å². The average molecular weight is 401 g/mol. The highest BCUT2D eigenvalue weighted by atomic mass is 19.1. The maximum Gasteiger partial charge on any atom is 0.254 e. The smallest absolute Gasteiger partial charge is 0.254 e. The van der Waals surface area contributed by atoms with E-state index in [1.54, 1.807) is 16.8 Å². The Hall–Kier alpha value is -3.04. The lowest BCUT2D eigenvalue weighted by Gasteiger charge is -2.18. The lowest BCUT2D eigenvalue weighted by molar-refractivity contribution is -0.124. The molecule has 154 valence electrons. The van der Waals surface area contributed by atoms with Crippen molar-refractivity contribution in [1.29, 1.82) is 0 Å². The van der Waals surface area contributed by atoms with Gasteiger partial charge in [0.1, 0.15) is 6.17 Å². The normalized spacial score (nSPS) is 22.0. The third-order valence-electron chi connectivity index (χ3n) is 5.32. The van der Waals surface area contributed by atoms with Gasteiger partial charge in [-0.3, -0.25) is 14.9 Å². The predicted octanol–water partition coefficient (Wildman–Crippen LogP) is 1.56. The summed E-state index contributed by atoms with van der Waals surface area (Å²) in [7, 11) is 0. The number of fused-ring (bicyclic) bond motifs is 1. The van der Waals surface area contributed by atoms with Gasteiger partial charge in [0.25, 0.3) is 5.91 Å². The van der Waals surface area contributed by atoms with Crippen molar-refractivity contribution in [3.05, 3.63) is 17.3 Å². The summed E-state index contributed by atoms with van der Waals surface area (Å²) in [6.07, 6.45) is 3.80. The third-order valence-corrected chi connectivity index (χ3v) is 5.32. The minimum atomic E-state index is -0.901. The van der Waals surface area contributed by atoms with Gasteiger partial charge in [-0.05, 0) is 18.4 Å². The SMILES string of the molecule is CCC(C)CNc1nc(N2CCC(F)C2)n2ncc(C=C3CC(=O)NC3=O)c2n1. The van der Waals surface area contributed by atoms with E-state index in [-0.39, 0.29) is 18.9 Å². The van der Waals surface area contributed by atoms with Gasteiger partial charge in [0.2, 0.25) is 17.8 Å². The fourth-order valence-electron chi connectivity index (χ4n) is 3.38. The molecule has 2 aliphatic heterocycles. The van der Waals surface area contributed by atoms with Crippen LogP contribution in [0.25, 0.3) is 11.7 Å². The second-order valence-corrected chi connectivity index (χ2v) is 7.63. The van der Waals surface area contributed by atoms with E-state index in [2.05, 4.69) is 39.5 Å². The number of nitrogens with zero attached hydrogens (tertiary/aromatic N) is 5. The van der Waals surface area contributed by atoms with Gasteiger partial charge in [0.15, 0.2) is 5.65 Å². The molecule has 29 heavy (non-hydrogen) atoms. The Balaban J connectivity index is 1.75. The van der Waals surface area contributed by atoms with Crippen LogP contribution in [0.1, 0.15) is 38.7 Å². The summed E-state index contributed by atoms with van der Waals surface area (Å²) in [5.74, 6) is 0.661. The van der Waals surface area contributed by atoms with Gasteiger partial charge in [-0.25, -0.2) is 4.39 Å². The molecule has 4 rings (SSSR count). The molecule has 4 heterocycles. The van der Waals surface area contributed by atoms with Crippen molar-refractivity contribution in [3.8, 4) is 0 Å². The van der Waals surface area contributed by atoms with E-state index in [1.165, 1.54) is 0 Å². The minimum absolute atomic E-state index is 0.0306. The van der Waals surface area contributed by atoms with Crippen molar-refractivity contribution in [3.63, 3.8) is 0 Å². The lowest BCUT2D eigenvalue weighted by atomic mass is 10.1. The molecule has 9 nitrogen and oxygen atoms in total. The van der Waals surface area contributed by atoms with Gasteiger partial charge in [-0.1, -0.05) is 20.3 Å². The first kappa shape index (κ1) is 19.3. The number of alkyl halides is 1. The van der Waals surface area contributed by atoms with Gasteiger partial charge in [-0.15, -0.1) is 0 Å². The highest BCUT2D eigenvalue weighted by Gasteiger charge is 2.28. The van der Waals surface area contributed by atoms with Crippen LogP contribution in [0.5, 0.6) is 0 Å². The topological polar surface area (TPSA) is 105 Å². The van der Waals surface area contributed by atoms with Crippen LogP contribution in [0.2, 0.25) is 0 Å². The molecule has 2 saturated heterocycles. The zero-order chi connectivity index (χ0) is 20.5. The van der Waals surface area contributed by atoms with Crippen molar-refractivity contribution < 1.29 is 14.0 Å². The first-order chi connectivity index (χ1) is 13.9. The molecule has 2 aliphatic rings. The van der Waals surface area contributed by atoms with E-state index >= 15 is 0 Å². The molecule has 2 amide bonds. The quantitative estimate of drug-likeness (QED) is 0.559. The predicted molar refractivity (Wildman–Crippen MR) is 106 cm³/mol. The van der Waals surface area contributed by atoms with Gasteiger partial charge in [0.05, 0.1) is 19.2 Å². The number of nitrogens with one attached hydrogen (secondary N) is 2. The van der Waals surface area contributed by atoms with Crippen molar-refractivity contribution in [1.82, 2.24) is 24.9 Å². The van der Waals surface area contributed by atoms with E-state index in [0.717, 1.165) is 6.42 Å². The Bertz CT molecular complexity index is 986. The Morgan fingerprint density at radius 2 is 2.24 bits per heavy atom. The van der Waals surface area contributed by atoms with Crippen LogP contribution in [0, 0.1) is 5.92 Å². The fraction of sp³-hybridized carbons (Fsp3) is 0.526. The highest BCUT2D eigenvalue weighted by molar-refractivity contribution is 6.15. The summed E-state index contributed by atoms with van der Waals surface area (Å²) < 4.78 is 15.4. The zero-order valence-electron chi connectivity index (χ0n) is 16.5. The Morgan fingerprint density at radius 1 is 1.41 bits per heavy atom. The summed E-state index contributed by atoms with van der Waals surface area (Å²) in [5.41, 5.74) is 1.48. The number of anilines is 2. The van der Waals surface area contributed by atoms with Crippen LogP contribution >= 0.6 is 0 Å². The van der Waals surface area contributed by atoms with Gasteiger partial charge >= 0.3 is 0 Å². The van der Waals surface area contributed by atoms with Crippen LogP contribution in [-0.2, 0) is 9.59 Å². The number of halogens is 1. The van der Waals surface area contributed by atoms with Crippen molar-refractivity contribution in [2.75, 3.05) is 29.9 Å². The summed E-state index contributed by atoms with van der Waals surface area (Å²) >= 11 is 0. The second-order valence-electron chi connectivity index (χ2n) is 7.63. The molecule has 0 spiro atoms. The molecule has 2 N–H and O–H groups in total. The highest BCUT2D eigenvalue weighted by Crippen LogP contribution is 2.25. The number of imide groups is 1. The maximum absolute atomic E-state index is 13.8. The molecule has 0 saturated carbocycles. The van der Waals surface area contributed by atoms with Gasteiger partial charge in [0, 0.05) is 24.2 Å². The molecule has 0 aromatic carbocycles. The van der Waals surface area contributed by atoms with E-state index < -0.39 is 12.1 Å². The van der Waals surface area contributed by atoms with Crippen LogP contribution in [0.15, 0.2) is 11.8 Å². The van der Waals surface area contributed by atoms with Gasteiger partial charge in [-0.2, -0.15) is 19.6 Å². The van der Waals surface area contributed by atoms with E-state index in [1.807, 2.05) is 4.90 Å². The fourth-order valence-corrected chi connectivity index (χ4v) is 3.38. The van der Waals surface area contributed by atoms with Crippen LogP contribution in [0.4, 0.5) is 16.3 Å². The van der Waals surface area contributed by atoms with E-state index in [4.69, 9.17) is 0 Å². The lowest BCUT2D eigenvalue weighted by Crippen LogP contribution is -2.25. The Kier molecular flexibility index (Phi) is 5.16. The largest absolute Gasteiger partial charge is 0.354 e. The summed E-state index contributed by atoms with van der Waals surface area (Å²) in [6.45, 7) is 5.75. The van der Waals surface area contributed by atoms with Crippen molar-refractivity contribution >= 4 is 35.4 Å². The van der Waals surface area contributed by atoms with Crippen LogP contribution < -0.4 is 15.5 Å². The number of hydrogen-bond acceptors (Lipinski definition) is 7. The molecule has 2 aromatic heterocycles. The second kappa shape index (κ2) is 7.76. The molecule has 2 fully saturated rings. The molecule has 10 heteroatoms. The number of hydrogen-bond donors (Lipinski definition) is 2. The Labute approximate surface area is 167 Å². The summed E-state index contributed by atoms with van der Waals surface area (Å²) in [5, 5.41) is 9.89. The van der Waals surface area contributed by atoms with Gasteiger partial charge < -0.3 is 10.2 Å². The molecule has 0 radical (unpaired) electrons. The van der Waals surface area contributed by atoms with E-state index in [9.17, 15) is 14.0 Å². The molecule has 2 unspecified atom stereocenters. The Morgan fingerprint density at radius 3 is 2.90 bits per heavy atom. The molecule has 0 aliphatic carbocycles. The molecule has 0 bridgehead atoms. The number of rotatable bonds is 6. The standard InChI is InChI=1S/C19H24FN7O2/c1-3-11(2)8-21-18-24-16-13(6-12-7-15(28)23-17(12)29)9-22-27(16)19(25-18)26-5-4-14(20)10-26/h6,9,11,14H,3-5,7-8,10H2,1-2H3,(H,21,24)(H,23,28,29). The summed E-state index contributed by atoms with van der Waals surface area (Å²) in [4.78, 5) is 34.4. The van der Waals surface area contributed by atoms with Crippen LogP contribution in [-0.4, -0.2) is 57.2 Å². The van der Waals surface area contributed by atoms with Crippen molar-refractivity contribution in [2.45, 2.75) is 39.3 Å². The minimum Gasteiger partial charge on any atom is -0.354 e. The molecular formula is C19H24FN7O2. The maximum atomic E-state index is 13.8. The average Bonchev–Trinajstić information content (AvgIpc) is 3.39. The molecule has 2 aromatic rings. The summed E-state index contributed by atoms with van der Waals surface area (Å²) in [6, 6.07) is 0. The first-order valence-corrected chi connectivity index (χ1v) is 9.88. The molecule has 2 atom stereocenters. The number of carbonyl (C=O) groups is 2. The van der Waals surface area contributed by atoms with Crippen molar-refractivity contribution in [2.24, 2.45) is 5.92 Å². The third kappa shape index (κ3) is 3.92. The molecular weight excluding hydrogens is 377 g/mol. The number of amides is 2.